The fourth-order valence-corrected chi connectivity index (χ4v) is 2.67. The standard InChI is InChI=1S/C17H10F3N5O/c18-10-4-9(13(20)11(19)6-10)5-12-22-15-14(8-2-1-3-21-7-8)24-25-16(15)17(26)23-12/h1-4,6-7H,5H2,(H,24,25)(H,22,23,26). The van der Waals surface area contributed by atoms with Gasteiger partial charge in [0.25, 0.3) is 5.56 Å². The minimum absolute atomic E-state index is 0.0536. The molecule has 26 heavy (non-hydrogen) atoms. The lowest BCUT2D eigenvalue weighted by molar-refractivity contribution is 0.486. The van der Waals surface area contributed by atoms with Crippen LogP contribution in [0.25, 0.3) is 22.3 Å². The zero-order valence-corrected chi connectivity index (χ0v) is 13.1. The van der Waals surface area contributed by atoms with Gasteiger partial charge in [0, 0.05) is 36.0 Å². The number of H-pyrrole nitrogens is 2. The van der Waals surface area contributed by atoms with Gasteiger partial charge in [0.2, 0.25) is 0 Å². The molecule has 130 valence electrons. The van der Waals surface area contributed by atoms with Crippen molar-refractivity contribution in [2.75, 3.05) is 0 Å². The molecule has 4 aromatic rings. The topological polar surface area (TPSA) is 87.3 Å². The van der Waals surface area contributed by atoms with Gasteiger partial charge >= 0.3 is 0 Å². The fourth-order valence-electron chi connectivity index (χ4n) is 2.67. The molecule has 9 heteroatoms. The van der Waals surface area contributed by atoms with Crippen LogP contribution < -0.4 is 5.56 Å². The van der Waals surface area contributed by atoms with Crippen LogP contribution in [0, 0.1) is 17.5 Å². The number of pyridine rings is 1. The number of aromatic amines is 2. The number of hydrogen-bond donors (Lipinski definition) is 2. The predicted molar refractivity (Wildman–Crippen MR) is 86.9 cm³/mol. The van der Waals surface area contributed by atoms with Crippen molar-refractivity contribution >= 4 is 11.0 Å². The van der Waals surface area contributed by atoms with E-state index in [4.69, 9.17) is 0 Å². The van der Waals surface area contributed by atoms with Crippen LogP contribution in [-0.2, 0) is 6.42 Å². The highest BCUT2D eigenvalue weighted by molar-refractivity contribution is 5.88. The van der Waals surface area contributed by atoms with Gasteiger partial charge in [0.1, 0.15) is 28.4 Å². The molecular weight excluding hydrogens is 347 g/mol. The van der Waals surface area contributed by atoms with E-state index in [2.05, 4.69) is 25.1 Å². The van der Waals surface area contributed by atoms with Gasteiger partial charge in [0.05, 0.1) is 0 Å². The number of nitrogens with zero attached hydrogens (tertiary/aromatic N) is 3. The van der Waals surface area contributed by atoms with Crippen molar-refractivity contribution in [2.24, 2.45) is 0 Å². The maximum atomic E-state index is 13.9. The highest BCUT2D eigenvalue weighted by atomic mass is 19.2. The average molecular weight is 357 g/mol. The SMILES string of the molecule is O=c1[nH]c(Cc2cc(F)cc(F)c2F)nc2c(-c3cccnc3)n[nH]c12. The van der Waals surface area contributed by atoms with Crippen LogP contribution in [0.15, 0.2) is 41.5 Å². The van der Waals surface area contributed by atoms with Crippen molar-refractivity contribution < 1.29 is 13.2 Å². The minimum atomic E-state index is -1.30. The van der Waals surface area contributed by atoms with E-state index in [0.29, 0.717) is 17.3 Å². The number of aromatic nitrogens is 5. The maximum absolute atomic E-state index is 13.9. The molecule has 3 aromatic heterocycles. The van der Waals surface area contributed by atoms with E-state index in [1.54, 1.807) is 24.5 Å². The number of halogens is 3. The highest BCUT2D eigenvalue weighted by Crippen LogP contribution is 2.23. The third-order valence-corrected chi connectivity index (χ3v) is 3.83. The largest absolute Gasteiger partial charge is 0.308 e. The minimum Gasteiger partial charge on any atom is -0.308 e. The molecule has 0 aliphatic rings. The van der Waals surface area contributed by atoms with E-state index in [1.165, 1.54) is 0 Å². The number of rotatable bonds is 3. The number of hydrogen-bond acceptors (Lipinski definition) is 4. The van der Waals surface area contributed by atoms with E-state index in [0.717, 1.165) is 6.07 Å². The second kappa shape index (κ2) is 6.10. The molecule has 0 saturated carbocycles. The summed E-state index contributed by atoms with van der Waals surface area (Å²) in [6, 6.07) is 4.76. The first-order valence-electron chi connectivity index (χ1n) is 7.54. The van der Waals surface area contributed by atoms with Gasteiger partial charge in [-0.2, -0.15) is 5.10 Å². The third kappa shape index (κ3) is 2.73. The quantitative estimate of drug-likeness (QED) is 0.552. The lowest BCUT2D eigenvalue weighted by Gasteiger charge is -2.05. The molecule has 0 spiro atoms. The summed E-state index contributed by atoms with van der Waals surface area (Å²) in [6.45, 7) is 0. The van der Waals surface area contributed by atoms with Crippen LogP contribution in [0.3, 0.4) is 0 Å². The molecule has 4 rings (SSSR count). The number of fused-ring (bicyclic) bond motifs is 1. The molecule has 1 aromatic carbocycles. The second-order valence-corrected chi connectivity index (χ2v) is 5.59. The molecule has 0 aliphatic carbocycles. The van der Waals surface area contributed by atoms with Crippen molar-refractivity contribution in [1.29, 1.82) is 0 Å². The van der Waals surface area contributed by atoms with Crippen LogP contribution in [-0.4, -0.2) is 25.1 Å². The Balaban J connectivity index is 1.84. The van der Waals surface area contributed by atoms with Crippen LogP contribution in [0.1, 0.15) is 11.4 Å². The van der Waals surface area contributed by atoms with E-state index >= 15 is 0 Å². The van der Waals surface area contributed by atoms with Crippen LogP contribution in [0.4, 0.5) is 13.2 Å². The molecule has 0 amide bonds. The van der Waals surface area contributed by atoms with Gasteiger partial charge in [-0.05, 0) is 18.2 Å². The Morgan fingerprint density at radius 3 is 2.77 bits per heavy atom. The summed E-state index contributed by atoms with van der Waals surface area (Å²) in [5, 5.41) is 6.68. The van der Waals surface area contributed by atoms with Crippen molar-refractivity contribution in [3.63, 3.8) is 0 Å². The molecule has 0 unspecified atom stereocenters. The lowest BCUT2D eigenvalue weighted by atomic mass is 10.1. The Bertz CT molecular complexity index is 1170. The van der Waals surface area contributed by atoms with Gasteiger partial charge in [-0.3, -0.25) is 14.9 Å². The van der Waals surface area contributed by atoms with E-state index in [9.17, 15) is 18.0 Å². The second-order valence-electron chi connectivity index (χ2n) is 5.59. The van der Waals surface area contributed by atoms with Crippen molar-refractivity contribution in [1.82, 2.24) is 25.1 Å². The summed E-state index contributed by atoms with van der Waals surface area (Å²) in [7, 11) is 0. The normalized spacial score (nSPS) is 11.2. The highest BCUT2D eigenvalue weighted by Gasteiger charge is 2.16. The Morgan fingerprint density at radius 1 is 1.15 bits per heavy atom. The first-order valence-corrected chi connectivity index (χ1v) is 7.54. The first kappa shape index (κ1) is 16.0. The summed E-state index contributed by atoms with van der Waals surface area (Å²) in [5.74, 6) is -3.35. The summed E-state index contributed by atoms with van der Waals surface area (Å²) < 4.78 is 40.6. The summed E-state index contributed by atoms with van der Waals surface area (Å²) in [4.78, 5) is 23.0. The maximum Gasteiger partial charge on any atom is 0.276 e. The average Bonchev–Trinajstić information content (AvgIpc) is 3.04. The molecule has 0 bridgehead atoms. The molecular formula is C17H10F3N5O. The summed E-state index contributed by atoms with van der Waals surface area (Å²) >= 11 is 0. The van der Waals surface area contributed by atoms with E-state index in [-0.39, 0.29) is 28.8 Å². The van der Waals surface area contributed by atoms with Crippen molar-refractivity contribution in [2.45, 2.75) is 6.42 Å². The number of benzene rings is 1. The zero-order chi connectivity index (χ0) is 18.3. The van der Waals surface area contributed by atoms with Crippen molar-refractivity contribution in [3.8, 4) is 11.3 Å². The van der Waals surface area contributed by atoms with Gasteiger partial charge in [-0.15, -0.1) is 0 Å². The van der Waals surface area contributed by atoms with Gasteiger partial charge in [0.15, 0.2) is 11.6 Å². The molecule has 0 saturated heterocycles. The molecule has 3 heterocycles. The van der Waals surface area contributed by atoms with Gasteiger partial charge in [-0.1, -0.05) is 0 Å². The Labute approximate surface area is 143 Å². The van der Waals surface area contributed by atoms with Crippen molar-refractivity contribution in [3.05, 3.63) is 75.9 Å². The smallest absolute Gasteiger partial charge is 0.276 e. The molecule has 6 nitrogen and oxygen atoms in total. The summed E-state index contributed by atoms with van der Waals surface area (Å²) in [6.07, 6.45) is 2.86. The first-order chi connectivity index (χ1) is 12.5. The predicted octanol–water partition coefficient (Wildman–Crippen LogP) is 2.72. The molecule has 0 atom stereocenters. The van der Waals surface area contributed by atoms with Crippen LogP contribution >= 0.6 is 0 Å². The van der Waals surface area contributed by atoms with E-state index in [1.807, 2.05) is 0 Å². The Morgan fingerprint density at radius 2 is 2.00 bits per heavy atom. The monoisotopic (exact) mass is 357 g/mol. The Kier molecular flexibility index (Phi) is 3.76. The lowest BCUT2D eigenvalue weighted by Crippen LogP contribution is -2.13. The summed E-state index contributed by atoms with van der Waals surface area (Å²) in [5.41, 5.74) is 0.644. The Hall–Kier alpha value is -3.49. The molecule has 0 fully saturated rings. The molecule has 0 aliphatic heterocycles. The third-order valence-electron chi connectivity index (χ3n) is 3.83. The van der Waals surface area contributed by atoms with Gasteiger partial charge < -0.3 is 4.98 Å². The van der Waals surface area contributed by atoms with Crippen LogP contribution in [0.2, 0.25) is 0 Å². The number of nitrogens with one attached hydrogen (secondary N) is 2. The molecule has 2 N–H and O–H groups in total. The van der Waals surface area contributed by atoms with Crippen LogP contribution in [0.5, 0.6) is 0 Å². The molecule has 0 radical (unpaired) electrons. The van der Waals surface area contributed by atoms with Gasteiger partial charge in [-0.25, -0.2) is 18.2 Å². The zero-order valence-electron chi connectivity index (χ0n) is 13.1. The van der Waals surface area contributed by atoms with E-state index < -0.39 is 23.0 Å². The fraction of sp³-hybridized carbons (Fsp3) is 0.0588.